The van der Waals surface area contributed by atoms with Crippen LogP contribution in [0.15, 0.2) is 24.3 Å². The average Bonchev–Trinajstić information content (AvgIpc) is 2.78. The summed E-state index contributed by atoms with van der Waals surface area (Å²) >= 11 is 0. The maximum Gasteiger partial charge on any atom is 0.235 e. The summed E-state index contributed by atoms with van der Waals surface area (Å²) in [5, 5.41) is 0. The van der Waals surface area contributed by atoms with E-state index >= 15 is 0 Å². The Kier molecular flexibility index (Phi) is 4.27. The SMILES string of the molecule is COc1cccc(CN(C)C(=O)[C@H]2CCN(C)C2=O)c1. The van der Waals surface area contributed by atoms with E-state index in [1.165, 1.54) is 0 Å². The molecule has 1 aromatic rings. The molecule has 2 rings (SSSR count). The lowest BCUT2D eigenvalue weighted by Gasteiger charge is -2.20. The smallest absolute Gasteiger partial charge is 0.235 e. The molecule has 1 aliphatic rings. The highest BCUT2D eigenvalue weighted by atomic mass is 16.5. The van der Waals surface area contributed by atoms with Crippen LogP contribution in [0.2, 0.25) is 0 Å². The van der Waals surface area contributed by atoms with Crippen molar-refractivity contribution >= 4 is 11.8 Å². The first-order valence-electron chi connectivity index (χ1n) is 6.66. The Morgan fingerprint density at radius 3 is 2.85 bits per heavy atom. The van der Waals surface area contributed by atoms with Crippen LogP contribution < -0.4 is 4.74 Å². The average molecular weight is 276 g/mol. The second-order valence-electron chi connectivity index (χ2n) is 5.15. The molecule has 0 unspecified atom stereocenters. The van der Waals surface area contributed by atoms with Gasteiger partial charge >= 0.3 is 0 Å². The first kappa shape index (κ1) is 14.4. The number of likely N-dealkylation sites (tertiary alicyclic amines) is 1. The fourth-order valence-electron chi connectivity index (χ4n) is 2.44. The minimum absolute atomic E-state index is 0.0764. The van der Waals surface area contributed by atoms with Crippen molar-refractivity contribution in [3.05, 3.63) is 29.8 Å². The number of rotatable bonds is 4. The summed E-state index contributed by atoms with van der Waals surface area (Å²) in [5.41, 5.74) is 0.985. The van der Waals surface area contributed by atoms with Crippen LogP contribution >= 0.6 is 0 Å². The Balaban J connectivity index is 2.02. The highest BCUT2D eigenvalue weighted by Crippen LogP contribution is 2.20. The summed E-state index contributed by atoms with van der Waals surface area (Å²) < 4.78 is 5.16. The summed E-state index contributed by atoms with van der Waals surface area (Å²) in [6.45, 7) is 1.13. The second-order valence-corrected chi connectivity index (χ2v) is 5.15. The van der Waals surface area contributed by atoms with Gasteiger partial charge in [-0.1, -0.05) is 12.1 Å². The lowest BCUT2D eigenvalue weighted by atomic mass is 10.1. The number of benzene rings is 1. The van der Waals surface area contributed by atoms with Crippen LogP contribution in [-0.2, 0) is 16.1 Å². The molecule has 1 fully saturated rings. The van der Waals surface area contributed by atoms with Gasteiger partial charge in [0.05, 0.1) is 7.11 Å². The molecule has 1 aliphatic heterocycles. The first-order valence-corrected chi connectivity index (χ1v) is 6.66. The van der Waals surface area contributed by atoms with Gasteiger partial charge in [0.1, 0.15) is 11.7 Å². The van der Waals surface area contributed by atoms with Gasteiger partial charge < -0.3 is 14.5 Å². The van der Waals surface area contributed by atoms with Crippen molar-refractivity contribution in [2.45, 2.75) is 13.0 Å². The summed E-state index contributed by atoms with van der Waals surface area (Å²) in [5.74, 6) is 0.0605. The molecule has 2 amide bonds. The molecule has 1 aromatic carbocycles. The largest absolute Gasteiger partial charge is 0.497 e. The summed E-state index contributed by atoms with van der Waals surface area (Å²) in [4.78, 5) is 27.4. The number of methoxy groups -OCH3 is 1. The van der Waals surface area contributed by atoms with Gasteiger partial charge in [-0.3, -0.25) is 9.59 Å². The molecule has 5 nitrogen and oxygen atoms in total. The molecule has 20 heavy (non-hydrogen) atoms. The normalized spacial score (nSPS) is 18.2. The minimum atomic E-state index is -0.518. The minimum Gasteiger partial charge on any atom is -0.497 e. The number of nitrogens with zero attached hydrogens (tertiary/aromatic N) is 2. The van der Waals surface area contributed by atoms with Gasteiger partial charge in [-0.2, -0.15) is 0 Å². The van der Waals surface area contributed by atoms with Crippen LogP contribution in [0.3, 0.4) is 0 Å². The Hall–Kier alpha value is -2.04. The topological polar surface area (TPSA) is 49.9 Å². The number of hydrogen-bond donors (Lipinski definition) is 0. The van der Waals surface area contributed by atoms with Gasteiger partial charge in [0, 0.05) is 27.2 Å². The van der Waals surface area contributed by atoms with E-state index in [0.29, 0.717) is 19.5 Å². The third-order valence-corrected chi connectivity index (χ3v) is 3.66. The van der Waals surface area contributed by atoms with E-state index in [9.17, 15) is 9.59 Å². The van der Waals surface area contributed by atoms with Crippen molar-refractivity contribution in [2.75, 3.05) is 27.7 Å². The van der Waals surface area contributed by atoms with Crippen LogP contribution in [0.1, 0.15) is 12.0 Å². The van der Waals surface area contributed by atoms with Crippen LogP contribution in [0.5, 0.6) is 5.75 Å². The summed E-state index contributed by atoms with van der Waals surface area (Å²) in [7, 11) is 5.08. The number of ether oxygens (including phenoxy) is 1. The van der Waals surface area contributed by atoms with Crippen molar-refractivity contribution in [3.8, 4) is 5.75 Å². The maximum atomic E-state index is 12.3. The van der Waals surface area contributed by atoms with Crippen LogP contribution in [-0.4, -0.2) is 49.4 Å². The van der Waals surface area contributed by atoms with Gasteiger partial charge in [-0.25, -0.2) is 0 Å². The van der Waals surface area contributed by atoms with Crippen LogP contribution in [0.25, 0.3) is 0 Å². The third-order valence-electron chi connectivity index (χ3n) is 3.66. The van der Waals surface area contributed by atoms with Crippen LogP contribution in [0.4, 0.5) is 0 Å². The highest BCUT2D eigenvalue weighted by molar-refractivity contribution is 6.01. The molecule has 0 spiro atoms. The van der Waals surface area contributed by atoms with Crippen molar-refractivity contribution in [1.82, 2.24) is 9.80 Å². The zero-order valence-corrected chi connectivity index (χ0v) is 12.1. The Bertz CT molecular complexity index is 516. The molecule has 1 heterocycles. The van der Waals surface area contributed by atoms with Gasteiger partial charge in [-0.05, 0) is 24.1 Å². The molecule has 108 valence electrons. The highest BCUT2D eigenvalue weighted by Gasteiger charge is 2.36. The van der Waals surface area contributed by atoms with Crippen LogP contribution in [0, 0.1) is 5.92 Å². The Morgan fingerprint density at radius 1 is 1.50 bits per heavy atom. The molecule has 0 radical (unpaired) electrons. The van der Waals surface area contributed by atoms with Gasteiger partial charge in [0.25, 0.3) is 0 Å². The molecule has 1 saturated heterocycles. The van der Waals surface area contributed by atoms with E-state index in [0.717, 1.165) is 11.3 Å². The molecular formula is C15H20N2O3. The van der Waals surface area contributed by atoms with Crippen molar-refractivity contribution in [3.63, 3.8) is 0 Å². The molecule has 1 atom stereocenters. The van der Waals surface area contributed by atoms with E-state index in [-0.39, 0.29) is 11.8 Å². The Labute approximate surface area is 119 Å². The molecule has 0 saturated carbocycles. The molecular weight excluding hydrogens is 256 g/mol. The summed E-state index contributed by atoms with van der Waals surface area (Å²) in [6, 6.07) is 7.59. The zero-order chi connectivity index (χ0) is 14.7. The molecule has 0 bridgehead atoms. The van der Waals surface area contributed by atoms with Gasteiger partial charge in [0.15, 0.2) is 0 Å². The van der Waals surface area contributed by atoms with Crippen molar-refractivity contribution in [2.24, 2.45) is 5.92 Å². The molecule has 0 N–H and O–H groups in total. The van der Waals surface area contributed by atoms with Gasteiger partial charge in [0.2, 0.25) is 11.8 Å². The number of amides is 2. The predicted octanol–water partition coefficient (Wildman–Crippen LogP) is 1.13. The quantitative estimate of drug-likeness (QED) is 0.775. The summed E-state index contributed by atoms with van der Waals surface area (Å²) in [6.07, 6.45) is 0.608. The number of carbonyl (C=O) groups is 2. The van der Waals surface area contributed by atoms with E-state index in [1.807, 2.05) is 24.3 Å². The molecule has 0 aromatic heterocycles. The predicted molar refractivity (Wildman–Crippen MR) is 75.2 cm³/mol. The monoisotopic (exact) mass is 276 g/mol. The number of hydrogen-bond acceptors (Lipinski definition) is 3. The lowest BCUT2D eigenvalue weighted by Crippen LogP contribution is -2.36. The maximum absolute atomic E-state index is 12.3. The first-order chi connectivity index (χ1) is 9.52. The third kappa shape index (κ3) is 2.92. The fraction of sp³-hybridized carbons (Fsp3) is 0.467. The van der Waals surface area contributed by atoms with Crippen molar-refractivity contribution < 1.29 is 14.3 Å². The lowest BCUT2D eigenvalue weighted by molar-refractivity contribution is -0.142. The van der Waals surface area contributed by atoms with E-state index in [1.54, 1.807) is 31.0 Å². The van der Waals surface area contributed by atoms with E-state index in [4.69, 9.17) is 4.74 Å². The Morgan fingerprint density at radius 2 is 2.25 bits per heavy atom. The zero-order valence-electron chi connectivity index (χ0n) is 12.1. The second kappa shape index (κ2) is 5.94. The van der Waals surface area contributed by atoms with E-state index in [2.05, 4.69) is 0 Å². The van der Waals surface area contributed by atoms with Crippen molar-refractivity contribution in [1.29, 1.82) is 0 Å². The van der Waals surface area contributed by atoms with Gasteiger partial charge in [-0.15, -0.1) is 0 Å². The standard InChI is InChI=1S/C15H20N2O3/c1-16-8-7-13(14(16)18)15(19)17(2)10-11-5-4-6-12(9-11)20-3/h4-6,9,13H,7-8,10H2,1-3H3/t13-/m0/s1. The molecule has 5 heteroatoms. The number of carbonyl (C=O) groups excluding carboxylic acids is 2. The van der Waals surface area contributed by atoms with E-state index < -0.39 is 5.92 Å². The molecule has 0 aliphatic carbocycles. The fourth-order valence-corrected chi connectivity index (χ4v) is 2.44.